The van der Waals surface area contributed by atoms with Crippen molar-refractivity contribution in [1.29, 1.82) is 0 Å². The highest BCUT2D eigenvalue weighted by molar-refractivity contribution is 5.89. The van der Waals surface area contributed by atoms with Crippen LogP contribution in [0.2, 0.25) is 0 Å². The Hall–Kier alpha value is -4.09. The summed E-state index contributed by atoms with van der Waals surface area (Å²) in [6.45, 7) is 2.96. The van der Waals surface area contributed by atoms with E-state index in [9.17, 15) is 4.79 Å². The highest BCUT2D eigenvalue weighted by atomic mass is 16.5. The van der Waals surface area contributed by atoms with Crippen molar-refractivity contribution in [2.45, 2.75) is 32.5 Å². The van der Waals surface area contributed by atoms with E-state index < -0.39 is 0 Å². The molecule has 196 valence electrons. The van der Waals surface area contributed by atoms with E-state index in [1.807, 2.05) is 60.7 Å². The van der Waals surface area contributed by atoms with Gasteiger partial charge in [-0.05, 0) is 65.9 Å². The van der Waals surface area contributed by atoms with Gasteiger partial charge in [0.2, 0.25) is 0 Å². The van der Waals surface area contributed by atoms with Gasteiger partial charge in [-0.3, -0.25) is 4.90 Å². The Balaban J connectivity index is 1.45. The van der Waals surface area contributed by atoms with Crippen molar-refractivity contribution < 1.29 is 19.0 Å². The number of rotatable bonds is 13. The van der Waals surface area contributed by atoms with Crippen LogP contribution in [0.3, 0.4) is 0 Å². The van der Waals surface area contributed by atoms with Crippen molar-refractivity contribution in [3.63, 3.8) is 0 Å². The number of carbonyl (C=O) groups is 1. The fourth-order valence-corrected chi connectivity index (χ4v) is 4.41. The molecule has 0 aromatic heterocycles. The topological polar surface area (TPSA) is 48.0 Å². The van der Waals surface area contributed by atoms with Crippen LogP contribution in [0, 0.1) is 0 Å². The van der Waals surface area contributed by atoms with Crippen molar-refractivity contribution in [3.05, 3.63) is 131 Å². The van der Waals surface area contributed by atoms with Gasteiger partial charge in [0.25, 0.3) is 0 Å². The lowest BCUT2D eigenvalue weighted by atomic mass is 10.1. The number of aryl methyl sites for hydroxylation is 1. The minimum Gasteiger partial charge on any atom is -0.493 e. The summed E-state index contributed by atoms with van der Waals surface area (Å²) in [5.74, 6) is 1.14. The number of carbonyl (C=O) groups excluding carboxylic acids is 1. The summed E-state index contributed by atoms with van der Waals surface area (Å²) in [5, 5.41) is 0. The molecular weight excluding hydrogens is 474 g/mol. The summed E-state index contributed by atoms with van der Waals surface area (Å²) < 4.78 is 16.6. The molecule has 0 unspecified atom stereocenters. The Morgan fingerprint density at radius 1 is 0.684 bits per heavy atom. The third-order valence-corrected chi connectivity index (χ3v) is 6.44. The molecule has 0 radical (unpaired) electrons. The van der Waals surface area contributed by atoms with Crippen LogP contribution in [0.5, 0.6) is 11.5 Å². The van der Waals surface area contributed by atoms with Gasteiger partial charge in [0.1, 0.15) is 6.61 Å². The number of ether oxygens (including phenoxy) is 3. The van der Waals surface area contributed by atoms with Crippen molar-refractivity contribution in [2.24, 2.45) is 0 Å². The average Bonchev–Trinajstić information content (AvgIpc) is 2.97. The van der Waals surface area contributed by atoms with Gasteiger partial charge in [0, 0.05) is 13.1 Å². The standard InChI is InChI=1S/C33H35NO4/c1-36-32-22-29(17-20-31(32)38-25-28-12-7-4-8-13-28)24-34(21-9-14-26-10-5-3-6-11-26)23-27-15-18-30(19-16-27)33(35)37-2/h3-8,10-13,15-20,22H,9,14,21,23-25H2,1-2H3. The van der Waals surface area contributed by atoms with Gasteiger partial charge in [0.05, 0.1) is 19.8 Å². The highest BCUT2D eigenvalue weighted by Gasteiger charge is 2.12. The fraction of sp³-hybridized carbons (Fsp3) is 0.242. The molecule has 4 aromatic carbocycles. The minimum absolute atomic E-state index is 0.321. The fourth-order valence-electron chi connectivity index (χ4n) is 4.41. The van der Waals surface area contributed by atoms with Crippen LogP contribution in [-0.4, -0.2) is 31.6 Å². The summed E-state index contributed by atoms with van der Waals surface area (Å²) in [7, 11) is 3.08. The smallest absolute Gasteiger partial charge is 0.337 e. The van der Waals surface area contributed by atoms with Crippen molar-refractivity contribution in [1.82, 2.24) is 4.90 Å². The second kappa shape index (κ2) is 14.0. The molecule has 0 atom stereocenters. The van der Waals surface area contributed by atoms with Gasteiger partial charge < -0.3 is 14.2 Å². The molecule has 0 spiro atoms. The van der Waals surface area contributed by atoms with Crippen LogP contribution in [0.25, 0.3) is 0 Å². The first-order valence-corrected chi connectivity index (χ1v) is 12.9. The van der Waals surface area contributed by atoms with E-state index in [2.05, 4.69) is 47.4 Å². The predicted molar refractivity (Wildman–Crippen MR) is 150 cm³/mol. The van der Waals surface area contributed by atoms with E-state index in [0.717, 1.165) is 60.7 Å². The van der Waals surface area contributed by atoms with Crippen molar-refractivity contribution >= 4 is 5.97 Å². The third-order valence-electron chi connectivity index (χ3n) is 6.44. The lowest BCUT2D eigenvalue weighted by Gasteiger charge is -2.23. The summed E-state index contributed by atoms with van der Waals surface area (Å²) in [5.41, 5.74) is 5.31. The van der Waals surface area contributed by atoms with E-state index >= 15 is 0 Å². The summed E-state index contributed by atoms with van der Waals surface area (Å²) in [4.78, 5) is 14.3. The number of esters is 1. The SMILES string of the molecule is COC(=O)c1ccc(CN(CCCc2ccccc2)Cc2ccc(OCc3ccccc3)c(OC)c2)cc1. The Kier molecular flexibility index (Phi) is 9.94. The monoisotopic (exact) mass is 509 g/mol. The quantitative estimate of drug-likeness (QED) is 0.188. The predicted octanol–water partition coefficient (Wildman–Crippen LogP) is 6.70. The van der Waals surface area contributed by atoms with Gasteiger partial charge in [0.15, 0.2) is 11.5 Å². The first-order chi connectivity index (χ1) is 18.6. The van der Waals surface area contributed by atoms with Gasteiger partial charge in [-0.1, -0.05) is 78.9 Å². The normalized spacial score (nSPS) is 10.8. The maximum absolute atomic E-state index is 11.8. The molecule has 38 heavy (non-hydrogen) atoms. The minimum atomic E-state index is -0.321. The highest BCUT2D eigenvalue weighted by Crippen LogP contribution is 2.29. The molecule has 0 amide bonds. The Bertz CT molecular complexity index is 1270. The second-order valence-corrected chi connectivity index (χ2v) is 9.25. The van der Waals surface area contributed by atoms with Gasteiger partial charge in [-0.25, -0.2) is 4.79 Å². The molecule has 0 aliphatic carbocycles. The largest absolute Gasteiger partial charge is 0.493 e. The summed E-state index contributed by atoms with van der Waals surface area (Å²) >= 11 is 0. The van der Waals surface area contributed by atoms with Crippen LogP contribution in [0.1, 0.15) is 39.0 Å². The molecule has 5 heteroatoms. The van der Waals surface area contributed by atoms with Crippen molar-refractivity contribution in [2.75, 3.05) is 20.8 Å². The molecule has 4 aromatic rings. The number of hydrogen-bond donors (Lipinski definition) is 0. The van der Waals surface area contributed by atoms with Crippen LogP contribution < -0.4 is 9.47 Å². The summed E-state index contributed by atoms with van der Waals surface area (Å²) in [6, 6.07) is 34.5. The molecule has 0 aliphatic heterocycles. The maximum atomic E-state index is 11.8. The molecule has 4 rings (SSSR count). The molecule has 0 bridgehead atoms. The van der Waals surface area contributed by atoms with Gasteiger partial charge >= 0.3 is 5.97 Å². The second-order valence-electron chi connectivity index (χ2n) is 9.25. The van der Waals surface area contributed by atoms with Crippen LogP contribution in [0.4, 0.5) is 0 Å². The van der Waals surface area contributed by atoms with E-state index in [1.54, 1.807) is 7.11 Å². The lowest BCUT2D eigenvalue weighted by Crippen LogP contribution is -2.24. The molecule has 0 heterocycles. The van der Waals surface area contributed by atoms with Gasteiger partial charge in [-0.2, -0.15) is 0 Å². The zero-order valence-corrected chi connectivity index (χ0v) is 22.1. The number of nitrogens with zero attached hydrogens (tertiary/aromatic N) is 1. The molecule has 5 nitrogen and oxygen atoms in total. The van der Waals surface area contributed by atoms with E-state index in [0.29, 0.717) is 12.2 Å². The van der Waals surface area contributed by atoms with E-state index in [4.69, 9.17) is 14.2 Å². The average molecular weight is 510 g/mol. The lowest BCUT2D eigenvalue weighted by molar-refractivity contribution is 0.0600. The molecule has 0 fully saturated rings. The molecule has 0 N–H and O–H groups in total. The Morgan fingerprint density at radius 2 is 1.32 bits per heavy atom. The van der Waals surface area contributed by atoms with Gasteiger partial charge in [-0.15, -0.1) is 0 Å². The molecule has 0 aliphatic rings. The zero-order chi connectivity index (χ0) is 26.6. The number of hydrogen-bond acceptors (Lipinski definition) is 5. The third kappa shape index (κ3) is 7.95. The molecule has 0 saturated carbocycles. The van der Waals surface area contributed by atoms with Crippen LogP contribution in [-0.2, 0) is 30.9 Å². The van der Waals surface area contributed by atoms with E-state index in [-0.39, 0.29) is 5.97 Å². The Morgan fingerprint density at radius 3 is 1.97 bits per heavy atom. The van der Waals surface area contributed by atoms with Crippen LogP contribution >= 0.6 is 0 Å². The first-order valence-electron chi connectivity index (χ1n) is 12.9. The molecule has 0 saturated heterocycles. The maximum Gasteiger partial charge on any atom is 0.337 e. The van der Waals surface area contributed by atoms with Crippen molar-refractivity contribution in [3.8, 4) is 11.5 Å². The number of methoxy groups -OCH3 is 2. The Labute approximate surface area is 225 Å². The molecular formula is C33H35NO4. The zero-order valence-electron chi connectivity index (χ0n) is 22.1. The summed E-state index contributed by atoms with van der Waals surface area (Å²) in [6.07, 6.45) is 2.06. The number of benzene rings is 4. The first kappa shape index (κ1) is 27.0. The van der Waals surface area contributed by atoms with E-state index in [1.165, 1.54) is 12.7 Å². The van der Waals surface area contributed by atoms with Crippen LogP contribution in [0.15, 0.2) is 103 Å².